The SMILES string of the molecule is O=C(CCC1CCCC1)N1CCN(Cc2cnc3ccccn23)CC1. The van der Waals surface area contributed by atoms with Gasteiger partial charge >= 0.3 is 0 Å². The van der Waals surface area contributed by atoms with Crippen LogP contribution in [0.5, 0.6) is 0 Å². The highest BCUT2D eigenvalue weighted by molar-refractivity contribution is 5.76. The zero-order valence-electron chi connectivity index (χ0n) is 14.9. The van der Waals surface area contributed by atoms with Crippen molar-refractivity contribution in [3.8, 4) is 0 Å². The Morgan fingerprint density at radius 2 is 1.92 bits per heavy atom. The van der Waals surface area contributed by atoms with E-state index in [1.807, 2.05) is 24.4 Å². The Hall–Kier alpha value is -1.88. The molecule has 1 saturated heterocycles. The van der Waals surface area contributed by atoms with Crippen LogP contribution in [-0.4, -0.2) is 51.3 Å². The largest absolute Gasteiger partial charge is 0.340 e. The fraction of sp³-hybridized carbons (Fsp3) is 0.600. The third-order valence-electron chi connectivity index (χ3n) is 5.85. The van der Waals surface area contributed by atoms with Gasteiger partial charge in [-0.3, -0.25) is 9.69 Å². The number of piperazine rings is 1. The average molecular weight is 340 g/mol. The van der Waals surface area contributed by atoms with E-state index in [1.165, 1.54) is 31.4 Å². The number of nitrogens with zero attached hydrogens (tertiary/aromatic N) is 4. The minimum Gasteiger partial charge on any atom is -0.340 e. The second-order valence-corrected chi connectivity index (χ2v) is 7.52. The van der Waals surface area contributed by atoms with E-state index >= 15 is 0 Å². The van der Waals surface area contributed by atoms with Gasteiger partial charge in [-0.2, -0.15) is 0 Å². The fourth-order valence-electron chi connectivity index (χ4n) is 4.27. The molecule has 2 aliphatic rings. The molecule has 0 spiro atoms. The smallest absolute Gasteiger partial charge is 0.222 e. The number of carbonyl (C=O) groups is 1. The normalized spacial score (nSPS) is 19.8. The third-order valence-corrected chi connectivity index (χ3v) is 5.85. The van der Waals surface area contributed by atoms with Crippen molar-refractivity contribution in [3.63, 3.8) is 0 Å². The number of imidazole rings is 1. The number of pyridine rings is 1. The van der Waals surface area contributed by atoms with E-state index in [9.17, 15) is 4.79 Å². The maximum atomic E-state index is 12.4. The summed E-state index contributed by atoms with van der Waals surface area (Å²) in [6.07, 6.45) is 11.3. The van der Waals surface area contributed by atoms with Gasteiger partial charge in [0.05, 0.1) is 11.9 Å². The Kier molecular flexibility index (Phi) is 5.02. The molecule has 25 heavy (non-hydrogen) atoms. The molecule has 3 heterocycles. The fourth-order valence-corrected chi connectivity index (χ4v) is 4.27. The second-order valence-electron chi connectivity index (χ2n) is 7.52. The van der Waals surface area contributed by atoms with Crippen LogP contribution in [0.2, 0.25) is 0 Å². The van der Waals surface area contributed by atoms with Crippen LogP contribution < -0.4 is 0 Å². The highest BCUT2D eigenvalue weighted by atomic mass is 16.2. The molecule has 1 aliphatic carbocycles. The first-order chi connectivity index (χ1) is 12.3. The van der Waals surface area contributed by atoms with Crippen molar-refractivity contribution in [1.82, 2.24) is 19.2 Å². The highest BCUT2D eigenvalue weighted by Gasteiger charge is 2.23. The van der Waals surface area contributed by atoms with E-state index < -0.39 is 0 Å². The van der Waals surface area contributed by atoms with Crippen LogP contribution >= 0.6 is 0 Å². The average Bonchev–Trinajstić information content (AvgIpc) is 3.31. The van der Waals surface area contributed by atoms with E-state index in [4.69, 9.17) is 0 Å². The molecule has 2 aromatic heterocycles. The molecule has 1 amide bonds. The molecule has 134 valence electrons. The Labute approximate surface area is 149 Å². The van der Waals surface area contributed by atoms with Gasteiger partial charge in [0.2, 0.25) is 5.91 Å². The number of fused-ring (bicyclic) bond motifs is 1. The standard InChI is InChI=1S/C20H28N4O/c25-20(9-8-17-5-1-2-6-17)23-13-11-22(12-14-23)16-18-15-21-19-7-3-4-10-24(18)19/h3-4,7,10,15,17H,1-2,5-6,8-9,11-14,16H2. The summed E-state index contributed by atoms with van der Waals surface area (Å²) >= 11 is 0. The summed E-state index contributed by atoms with van der Waals surface area (Å²) in [7, 11) is 0. The summed E-state index contributed by atoms with van der Waals surface area (Å²) in [6.45, 7) is 4.53. The first-order valence-electron chi connectivity index (χ1n) is 9.71. The van der Waals surface area contributed by atoms with Gasteiger partial charge in [-0.1, -0.05) is 31.7 Å². The second kappa shape index (κ2) is 7.56. The van der Waals surface area contributed by atoms with Crippen LogP contribution in [-0.2, 0) is 11.3 Å². The van der Waals surface area contributed by atoms with Gasteiger partial charge in [0.1, 0.15) is 5.65 Å². The zero-order chi connectivity index (χ0) is 17.1. The molecule has 5 nitrogen and oxygen atoms in total. The predicted molar refractivity (Wildman–Crippen MR) is 98.2 cm³/mol. The third kappa shape index (κ3) is 3.87. The van der Waals surface area contributed by atoms with Crippen LogP contribution in [0, 0.1) is 5.92 Å². The van der Waals surface area contributed by atoms with Crippen LogP contribution in [0.25, 0.3) is 5.65 Å². The summed E-state index contributed by atoms with van der Waals surface area (Å²) in [5.41, 5.74) is 2.22. The molecule has 2 aromatic rings. The number of aromatic nitrogens is 2. The Morgan fingerprint density at radius 3 is 2.72 bits per heavy atom. The zero-order valence-corrected chi connectivity index (χ0v) is 14.9. The van der Waals surface area contributed by atoms with E-state index in [1.54, 1.807) is 0 Å². The minimum absolute atomic E-state index is 0.362. The van der Waals surface area contributed by atoms with Crippen molar-refractivity contribution in [2.75, 3.05) is 26.2 Å². The lowest BCUT2D eigenvalue weighted by Gasteiger charge is -2.34. The molecule has 1 aliphatic heterocycles. The van der Waals surface area contributed by atoms with Crippen LogP contribution in [0.1, 0.15) is 44.2 Å². The molecule has 0 unspecified atom stereocenters. The van der Waals surface area contributed by atoms with Gasteiger partial charge in [-0.15, -0.1) is 0 Å². The topological polar surface area (TPSA) is 40.9 Å². The number of hydrogen-bond acceptors (Lipinski definition) is 3. The van der Waals surface area contributed by atoms with E-state index in [0.29, 0.717) is 5.91 Å². The summed E-state index contributed by atoms with van der Waals surface area (Å²) < 4.78 is 2.15. The predicted octanol–water partition coefficient (Wildman–Crippen LogP) is 2.95. The first kappa shape index (κ1) is 16.6. The molecular weight excluding hydrogens is 312 g/mol. The molecule has 0 aromatic carbocycles. The van der Waals surface area contributed by atoms with Crippen molar-refractivity contribution >= 4 is 11.6 Å². The van der Waals surface area contributed by atoms with Crippen molar-refractivity contribution in [2.24, 2.45) is 5.92 Å². The molecular formula is C20H28N4O. The number of carbonyl (C=O) groups excluding carboxylic acids is 1. The van der Waals surface area contributed by atoms with Gasteiger partial charge in [0.15, 0.2) is 0 Å². The van der Waals surface area contributed by atoms with Gasteiger partial charge in [0, 0.05) is 45.3 Å². The lowest BCUT2D eigenvalue weighted by atomic mass is 10.0. The molecule has 2 fully saturated rings. The maximum Gasteiger partial charge on any atom is 0.222 e. The molecule has 1 saturated carbocycles. The lowest BCUT2D eigenvalue weighted by molar-refractivity contribution is -0.133. The monoisotopic (exact) mass is 340 g/mol. The van der Waals surface area contributed by atoms with Crippen molar-refractivity contribution in [3.05, 3.63) is 36.3 Å². The minimum atomic E-state index is 0.362. The van der Waals surface area contributed by atoms with E-state index in [0.717, 1.165) is 57.1 Å². The number of rotatable bonds is 5. The lowest BCUT2D eigenvalue weighted by Crippen LogP contribution is -2.48. The van der Waals surface area contributed by atoms with Gasteiger partial charge < -0.3 is 9.30 Å². The summed E-state index contributed by atoms with van der Waals surface area (Å²) in [4.78, 5) is 21.4. The Bertz CT molecular complexity index is 711. The van der Waals surface area contributed by atoms with Crippen molar-refractivity contribution in [2.45, 2.75) is 45.1 Å². The molecule has 4 rings (SSSR count). The first-order valence-corrected chi connectivity index (χ1v) is 9.71. The summed E-state index contributed by atoms with van der Waals surface area (Å²) in [5, 5.41) is 0. The quantitative estimate of drug-likeness (QED) is 0.840. The molecule has 0 bridgehead atoms. The maximum absolute atomic E-state index is 12.4. The number of amides is 1. The summed E-state index contributed by atoms with van der Waals surface area (Å²) in [5.74, 6) is 1.17. The van der Waals surface area contributed by atoms with Crippen LogP contribution in [0.3, 0.4) is 0 Å². The summed E-state index contributed by atoms with van der Waals surface area (Å²) in [6, 6.07) is 6.09. The molecule has 5 heteroatoms. The van der Waals surface area contributed by atoms with Crippen LogP contribution in [0.4, 0.5) is 0 Å². The van der Waals surface area contributed by atoms with Gasteiger partial charge in [-0.25, -0.2) is 4.98 Å². The highest BCUT2D eigenvalue weighted by Crippen LogP contribution is 2.28. The molecule has 0 radical (unpaired) electrons. The Balaban J connectivity index is 1.26. The van der Waals surface area contributed by atoms with Crippen molar-refractivity contribution in [1.29, 1.82) is 0 Å². The van der Waals surface area contributed by atoms with Gasteiger partial charge in [0.25, 0.3) is 0 Å². The van der Waals surface area contributed by atoms with E-state index in [-0.39, 0.29) is 0 Å². The Morgan fingerprint density at radius 1 is 1.12 bits per heavy atom. The van der Waals surface area contributed by atoms with E-state index in [2.05, 4.69) is 25.4 Å². The molecule has 0 N–H and O–H groups in total. The van der Waals surface area contributed by atoms with Crippen LogP contribution in [0.15, 0.2) is 30.6 Å². The van der Waals surface area contributed by atoms with Gasteiger partial charge in [-0.05, 0) is 24.5 Å². The number of hydrogen-bond donors (Lipinski definition) is 0. The molecule has 0 atom stereocenters. The van der Waals surface area contributed by atoms with Crippen molar-refractivity contribution < 1.29 is 4.79 Å².